The Morgan fingerprint density at radius 1 is 1.22 bits per heavy atom. The Kier molecular flexibility index (Phi) is 5.53. The third kappa shape index (κ3) is 3.49. The van der Waals surface area contributed by atoms with Crippen LogP contribution in [0.5, 0.6) is 0 Å². The zero-order chi connectivity index (χ0) is 12.8. The summed E-state index contributed by atoms with van der Waals surface area (Å²) in [6.45, 7) is 4.80. The Balaban J connectivity index is 2.10. The lowest BCUT2D eigenvalue weighted by Gasteiger charge is -2.19. The molecule has 0 saturated heterocycles. The maximum absolute atomic E-state index is 2.49. The van der Waals surface area contributed by atoms with E-state index in [2.05, 4.69) is 32.1 Å². The Bertz CT molecular complexity index is 297. The van der Waals surface area contributed by atoms with Crippen LogP contribution in [0.4, 0.5) is 0 Å². The highest BCUT2D eigenvalue weighted by molar-refractivity contribution is 5.23. The van der Waals surface area contributed by atoms with E-state index >= 15 is 0 Å². The van der Waals surface area contributed by atoms with Crippen molar-refractivity contribution >= 4 is 0 Å². The molecule has 0 aromatic rings. The summed E-state index contributed by atoms with van der Waals surface area (Å²) in [4.78, 5) is 0. The van der Waals surface area contributed by atoms with E-state index in [4.69, 9.17) is 0 Å². The topological polar surface area (TPSA) is 0 Å². The van der Waals surface area contributed by atoms with Crippen molar-refractivity contribution in [2.45, 2.75) is 71.6 Å². The lowest BCUT2D eigenvalue weighted by Crippen LogP contribution is -2.07. The summed E-state index contributed by atoms with van der Waals surface area (Å²) >= 11 is 0. The van der Waals surface area contributed by atoms with E-state index in [1.165, 1.54) is 57.8 Å². The number of hydrogen-bond donors (Lipinski definition) is 0. The van der Waals surface area contributed by atoms with Crippen LogP contribution >= 0.6 is 0 Å². The first-order valence-electron chi connectivity index (χ1n) is 8.19. The van der Waals surface area contributed by atoms with Crippen molar-refractivity contribution in [2.75, 3.05) is 0 Å². The largest absolute Gasteiger partial charge is 0.0845 e. The summed E-state index contributed by atoms with van der Waals surface area (Å²) in [5.41, 5.74) is 1.80. The molecular weight excluding hydrogens is 216 g/mol. The monoisotopic (exact) mass is 246 g/mol. The lowest BCUT2D eigenvalue weighted by molar-refractivity contribution is 0.406. The third-order valence-electron chi connectivity index (χ3n) is 4.96. The third-order valence-corrected chi connectivity index (χ3v) is 4.96. The highest BCUT2D eigenvalue weighted by Crippen LogP contribution is 2.45. The summed E-state index contributed by atoms with van der Waals surface area (Å²) in [6.07, 6.45) is 19.8. The van der Waals surface area contributed by atoms with E-state index in [0.29, 0.717) is 0 Å². The molecule has 0 heterocycles. The van der Waals surface area contributed by atoms with Crippen LogP contribution in [0, 0.1) is 17.8 Å². The van der Waals surface area contributed by atoms with Crippen LogP contribution in [-0.4, -0.2) is 0 Å². The van der Waals surface area contributed by atoms with E-state index in [-0.39, 0.29) is 0 Å². The average Bonchev–Trinajstić information content (AvgIpc) is 2.68. The molecule has 18 heavy (non-hydrogen) atoms. The van der Waals surface area contributed by atoms with Gasteiger partial charge in [0.1, 0.15) is 0 Å². The van der Waals surface area contributed by atoms with Gasteiger partial charge in [0.05, 0.1) is 0 Å². The molecule has 0 bridgehead atoms. The SMILES string of the molecule is CCCCC1CC(C)C2CCCCC/C=C\C=C\12. The van der Waals surface area contributed by atoms with Crippen molar-refractivity contribution in [3.63, 3.8) is 0 Å². The predicted octanol–water partition coefficient (Wildman–Crippen LogP) is 5.90. The van der Waals surface area contributed by atoms with Crippen molar-refractivity contribution in [1.29, 1.82) is 0 Å². The Morgan fingerprint density at radius 3 is 2.94 bits per heavy atom. The molecule has 2 aliphatic rings. The fraction of sp³-hybridized carbons (Fsp3) is 0.778. The molecule has 0 spiro atoms. The first-order chi connectivity index (χ1) is 8.83. The van der Waals surface area contributed by atoms with Gasteiger partial charge in [-0.15, -0.1) is 0 Å². The minimum atomic E-state index is 0.897. The molecule has 1 fully saturated rings. The van der Waals surface area contributed by atoms with E-state index in [0.717, 1.165) is 17.8 Å². The zero-order valence-corrected chi connectivity index (χ0v) is 12.3. The van der Waals surface area contributed by atoms with Gasteiger partial charge < -0.3 is 0 Å². The second kappa shape index (κ2) is 7.16. The molecule has 0 N–H and O–H groups in total. The molecule has 0 aliphatic heterocycles. The second-order valence-corrected chi connectivity index (χ2v) is 6.39. The van der Waals surface area contributed by atoms with Gasteiger partial charge in [0, 0.05) is 0 Å². The number of rotatable bonds is 3. The highest BCUT2D eigenvalue weighted by atomic mass is 14.4. The highest BCUT2D eigenvalue weighted by Gasteiger charge is 2.34. The van der Waals surface area contributed by atoms with Crippen molar-refractivity contribution in [3.05, 3.63) is 23.8 Å². The van der Waals surface area contributed by atoms with Gasteiger partial charge >= 0.3 is 0 Å². The van der Waals surface area contributed by atoms with Crippen LogP contribution in [0.15, 0.2) is 23.8 Å². The van der Waals surface area contributed by atoms with E-state index in [1.54, 1.807) is 5.57 Å². The summed E-state index contributed by atoms with van der Waals surface area (Å²) in [7, 11) is 0. The lowest BCUT2D eigenvalue weighted by atomic mass is 9.86. The van der Waals surface area contributed by atoms with E-state index in [9.17, 15) is 0 Å². The first kappa shape index (κ1) is 13.9. The van der Waals surface area contributed by atoms with Crippen molar-refractivity contribution in [2.24, 2.45) is 17.8 Å². The maximum Gasteiger partial charge on any atom is -0.0171 e. The van der Waals surface area contributed by atoms with E-state index in [1.807, 2.05) is 0 Å². The van der Waals surface area contributed by atoms with Crippen LogP contribution < -0.4 is 0 Å². The molecular formula is C18H30. The fourth-order valence-corrected chi connectivity index (χ4v) is 3.90. The van der Waals surface area contributed by atoms with Crippen LogP contribution in [0.1, 0.15) is 71.6 Å². The Labute approximate surface area is 114 Å². The number of unbranched alkanes of at least 4 members (excludes halogenated alkanes) is 1. The normalized spacial score (nSPS) is 37.7. The van der Waals surface area contributed by atoms with Crippen LogP contribution in [0.25, 0.3) is 0 Å². The number of fused-ring (bicyclic) bond motifs is 1. The van der Waals surface area contributed by atoms with E-state index < -0.39 is 0 Å². The number of hydrogen-bond acceptors (Lipinski definition) is 0. The molecule has 1 saturated carbocycles. The van der Waals surface area contributed by atoms with Gasteiger partial charge in [-0.3, -0.25) is 0 Å². The first-order valence-corrected chi connectivity index (χ1v) is 8.19. The molecule has 0 radical (unpaired) electrons. The smallest absolute Gasteiger partial charge is 0.0171 e. The molecule has 0 aromatic carbocycles. The molecule has 2 rings (SSSR count). The van der Waals surface area contributed by atoms with Gasteiger partial charge in [-0.05, 0) is 49.9 Å². The van der Waals surface area contributed by atoms with Crippen LogP contribution in [0.3, 0.4) is 0 Å². The van der Waals surface area contributed by atoms with Gasteiger partial charge in [-0.25, -0.2) is 0 Å². The molecule has 3 unspecified atom stereocenters. The Hall–Kier alpha value is -0.520. The predicted molar refractivity (Wildman–Crippen MR) is 80.6 cm³/mol. The Morgan fingerprint density at radius 2 is 2.11 bits per heavy atom. The zero-order valence-electron chi connectivity index (χ0n) is 12.3. The molecule has 3 atom stereocenters. The van der Waals surface area contributed by atoms with Crippen LogP contribution in [-0.2, 0) is 0 Å². The van der Waals surface area contributed by atoms with Crippen molar-refractivity contribution in [3.8, 4) is 0 Å². The maximum atomic E-state index is 2.49. The minimum Gasteiger partial charge on any atom is -0.0845 e. The van der Waals surface area contributed by atoms with Crippen LogP contribution in [0.2, 0.25) is 0 Å². The fourth-order valence-electron chi connectivity index (χ4n) is 3.90. The second-order valence-electron chi connectivity index (χ2n) is 6.39. The molecule has 2 aliphatic carbocycles. The van der Waals surface area contributed by atoms with Gasteiger partial charge in [-0.2, -0.15) is 0 Å². The average molecular weight is 246 g/mol. The summed E-state index contributed by atoms with van der Waals surface area (Å²) < 4.78 is 0. The van der Waals surface area contributed by atoms with Gasteiger partial charge in [0.15, 0.2) is 0 Å². The standard InChI is InChI=1S/C18H30/c1-3-4-11-16-14-15(2)17-12-9-7-5-6-8-10-13-18(16)17/h8,10,13,15-17H,3-7,9,11-12,14H2,1-2H3/b10-8-,18-13-. The molecule has 0 aromatic heterocycles. The minimum absolute atomic E-state index is 0.897. The van der Waals surface area contributed by atoms with Gasteiger partial charge in [-0.1, -0.05) is 63.3 Å². The summed E-state index contributed by atoms with van der Waals surface area (Å²) in [5.74, 6) is 2.72. The summed E-state index contributed by atoms with van der Waals surface area (Å²) in [5, 5.41) is 0. The van der Waals surface area contributed by atoms with Gasteiger partial charge in [0.25, 0.3) is 0 Å². The molecule has 0 heteroatoms. The van der Waals surface area contributed by atoms with Crippen molar-refractivity contribution < 1.29 is 0 Å². The molecule has 0 nitrogen and oxygen atoms in total. The quantitative estimate of drug-likeness (QED) is 0.582. The van der Waals surface area contributed by atoms with Gasteiger partial charge in [0.2, 0.25) is 0 Å². The molecule has 0 amide bonds. The summed E-state index contributed by atoms with van der Waals surface area (Å²) in [6, 6.07) is 0. The van der Waals surface area contributed by atoms with Crippen molar-refractivity contribution in [1.82, 2.24) is 0 Å². The number of allylic oxidation sites excluding steroid dienone is 4. The molecule has 102 valence electrons.